The first-order valence-electron chi connectivity index (χ1n) is 6.70. The fourth-order valence-electron chi connectivity index (χ4n) is 2.98. The van der Waals surface area contributed by atoms with Gasteiger partial charge in [-0.15, -0.1) is 0 Å². The zero-order chi connectivity index (χ0) is 11.1. The van der Waals surface area contributed by atoms with Gasteiger partial charge in [-0.25, -0.2) is 0 Å². The highest BCUT2D eigenvalue weighted by Gasteiger charge is 2.22. The molecule has 0 spiro atoms. The van der Waals surface area contributed by atoms with Crippen LogP contribution in [0.5, 0.6) is 0 Å². The molecule has 90 valence electrons. The van der Waals surface area contributed by atoms with Crippen LogP contribution in [0.2, 0.25) is 0 Å². The maximum absolute atomic E-state index is 3.34. The van der Waals surface area contributed by atoms with E-state index in [0.29, 0.717) is 0 Å². The Labute approximate surface area is 95.4 Å². The molecule has 2 nitrogen and oxygen atoms in total. The van der Waals surface area contributed by atoms with Gasteiger partial charge >= 0.3 is 0 Å². The normalized spacial score (nSPS) is 28.0. The molecule has 0 radical (unpaired) electrons. The molecule has 15 heavy (non-hydrogen) atoms. The molecule has 0 aromatic carbocycles. The van der Waals surface area contributed by atoms with Gasteiger partial charge in [0, 0.05) is 6.04 Å². The van der Waals surface area contributed by atoms with E-state index < -0.39 is 0 Å². The summed E-state index contributed by atoms with van der Waals surface area (Å²) in [4.78, 5) is 2.65. The van der Waals surface area contributed by atoms with Crippen LogP contribution in [0.15, 0.2) is 0 Å². The minimum atomic E-state index is 0.848. The summed E-state index contributed by atoms with van der Waals surface area (Å²) in [6.45, 7) is 8.22. The van der Waals surface area contributed by atoms with E-state index in [2.05, 4.69) is 31.1 Å². The lowest BCUT2D eigenvalue weighted by atomic mass is 9.97. The van der Waals surface area contributed by atoms with Gasteiger partial charge in [0.1, 0.15) is 0 Å². The number of hydrogen-bond donors (Lipinski definition) is 1. The Bertz CT molecular complexity index is 155. The predicted molar refractivity (Wildman–Crippen MR) is 67.2 cm³/mol. The Morgan fingerprint density at radius 3 is 2.40 bits per heavy atom. The summed E-state index contributed by atoms with van der Waals surface area (Å²) in [6, 6.07) is 0.848. The molecule has 2 atom stereocenters. The number of rotatable bonds is 5. The van der Waals surface area contributed by atoms with Crippen molar-refractivity contribution >= 4 is 0 Å². The average molecular weight is 212 g/mol. The summed E-state index contributed by atoms with van der Waals surface area (Å²) in [7, 11) is 2.08. The van der Waals surface area contributed by atoms with Crippen LogP contribution in [-0.4, -0.2) is 37.6 Å². The molecule has 1 saturated carbocycles. The second-order valence-electron chi connectivity index (χ2n) is 4.82. The van der Waals surface area contributed by atoms with Gasteiger partial charge in [0.05, 0.1) is 0 Å². The topological polar surface area (TPSA) is 15.3 Å². The molecular formula is C13H28N2. The number of nitrogens with one attached hydrogen (secondary N) is 1. The molecule has 2 heteroatoms. The largest absolute Gasteiger partial charge is 0.319 e. The third-order valence-electron chi connectivity index (χ3n) is 3.83. The van der Waals surface area contributed by atoms with Crippen LogP contribution in [0.25, 0.3) is 0 Å². The summed E-state index contributed by atoms with van der Waals surface area (Å²) in [6.07, 6.45) is 7.12. The monoisotopic (exact) mass is 212 g/mol. The second-order valence-corrected chi connectivity index (χ2v) is 4.82. The van der Waals surface area contributed by atoms with Crippen molar-refractivity contribution in [2.75, 3.05) is 26.7 Å². The van der Waals surface area contributed by atoms with E-state index in [1.54, 1.807) is 0 Å². The van der Waals surface area contributed by atoms with Gasteiger partial charge in [-0.2, -0.15) is 0 Å². The summed E-state index contributed by atoms with van der Waals surface area (Å²) >= 11 is 0. The first kappa shape index (κ1) is 13.0. The molecular weight excluding hydrogens is 184 g/mol. The van der Waals surface area contributed by atoms with E-state index in [1.807, 2.05) is 0 Å². The smallest absolute Gasteiger partial charge is 0.00981 e. The molecule has 0 aromatic rings. The summed E-state index contributed by atoms with van der Waals surface area (Å²) in [5.74, 6) is 0.906. The van der Waals surface area contributed by atoms with Gasteiger partial charge in [0.15, 0.2) is 0 Å². The van der Waals surface area contributed by atoms with Crippen molar-refractivity contribution in [3.05, 3.63) is 0 Å². The van der Waals surface area contributed by atoms with Crippen LogP contribution in [0, 0.1) is 5.92 Å². The number of nitrogens with zero attached hydrogens (tertiary/aromatic N) is 1. The SMILES string of the molecule is CCN(CC)C1CCCCC(CNC)C1. The van der Waals surface area contributed by atoms with Crippen molar-refractivity contribution in [2.24, 2.45) is 5.92 Å². The first-order chi connectivity index (χ1) is 7.31. The molecule has 0 aliphatic heterocycles. The van der Waals surface area contributed by atoms with Crippen molar-refractivity contribution in [1.82, 2.24) is 10.2 Å². The van der Waals surface area contributed by atoms with Crippen LogP contribution in [-0.2, 0) is 0 Å². The van der Waals surface area contributed by atoms with E-state index in [0.717, 1.165) is 12.0 Å². The summed E-state index contributed by atoms with van der Waals surface area (Å²) in [5, 5.41) is 3.34. The van der Waals surface area contributed by atoms with Crippen molar-refractivity contribution in [3.8, 4) is 0 Å². The summed E-state index contributed by atoms with van der Waals surface area (Å²) < 4.78 is 0. The van der Waals surface area contributed by atoms with E-state index in [9.17, 15) is 0 Å². The molecule has 0 heterocycles. The van der Waals surface area contributed by atoms with E-state index in [4.69, 9.17) is 0 Å². The molecule has 1 aliphatic carbocycles. The van der Waals surface area contributed by atoms with Gasteiger partial charge in [0.25, 0.3) is 0 Å². The lowest BCUT2D eigenvalue weighted by Gasteiger charge is -2.30. The molecule has 0 bridgehead atoms. The standard InChI is InChI=1S/C13H28N2/c1-4-15(5-2)13-9-7-6-8-12(10-13)11-14-3/h12-14H,4-11H2,1-3H3. The third kappa shape index (κ3) is 4.12. The first-order valence-corrected chi connectivity index (χ1v) is 6.70. The van der Waals surface area contributed by atoms with Gasteiger partial charge in [-0.05, 0) is 51.9 Å². The van der Waals surface area contributed by atoms with Crippen LogP contribution in [0.3, 0.4) is 0 Å². The molecule has 1 aliphatic rings. The maximum atomic E-state index is 3.34. The molecule has 0 aromatic heterocycles. The van der Waals surface area contributed by atoms with Crippen LogP contribution in [0.1, 0.15) is 46.0 Å². The minimum Gasteiger partial charge on any atom is -0.319 e. The van der Waals surface area contributed by atoms with Gasteiger partial charge in [-0.1, -0.05) is 26.7 Å². The Morgan fingerprint density at radius 1 is 1.13 bits per heavy atom. The van der Waals surface area contributed by atoms with Crippen LogP contribution >= 0.6 is 0 Å². The quantitative estimate of drug-likeness (QED) is 0.704. The average Bonchev–Trinajstić information content (AvgIpc) is 2.46. The fraction of sp³-hybridized carbons (Fsp3) is 1.00. The van der Waals surface area contributed by atoms with E-state index >= 15 is 0 Å². The highest BCUT2D eigenvalue weighted by Crippen LogP contribution is 2.26. The molecule has 0 amide bonds. The molecule has 0 saturated heterocycles. The van der Waals surface area contributed by atoms with E-state index in [1.165, 1.54) is 51.7 Å². The zero-order valence-corrected chi connectivity index (χ0v) is 10.8. The van der Waals surface area contributed by atoms with E-state index in [-0.39, 0.29) is 0 Å². The van der Waals surface area contributed by atoms with Crippen LogP contribution < -0.4 is 5.32 Å². The Balaban J connectivity index is 2.47. The molecule has 1 N–H and O–H groups in total. The van der Waals surface area contributed by atoms with Gasteiger partial charge in [-0.3, -0.25) is 0 Å². The Morgan fingerprint density at radius 2 is 1.80 bits per heavy atom. The second kappa shape index (κ2) is 7.24. The minimum absolute atomic E-state index is 0.848. The lowest BCUT2D eigenvalue weighted by Crippen LogP contribution is -2.36. The van der Waals surface area contributed by atoms with Crippen molar-refractivity contribution in [3.63, 3.8) is 0 Å². The van der Waals surface area contributed by atoms with Gasteiger partial charge < -0.3 is 10.2 Å². The predicted octanol–water partition coefficient (Wildman–Crippen LogP) is 2.50. The third-order valence-corrected chi connectivity index (χ3v) is 3.83. The zero-order valence-electron chi connectivity index (χ0n) is 10.8. The highest BCUT2D eigenvalue weighted by molar-refractivity contribution is 4.78. The molecule has 2 unspecified atom stereocenters. The van der Waals surface area contributed by atoms with Crippen LogP contribution in [0.4, 0.5) is 0 Å². The van der Waals surface area contributed by atoms with Gasteiger partial charge in [0.2, 0.25) is 0 Å². The van der Waals surface area contributed by atoms with Crippen molar-refractivity contribution < 1.29 is 0 Å². The Hall–Kier alpha value is -0.0800. The maximum Gasteiger partial charge on any atom is 0.00981 e. The highest BCUT2D eigenvalue weighted by atomic mass is 15.1. The molecule has 1 rings (SSSR count). The lowest BCUT2D eigenvalue weighted by molar-refractivity contribution is 0.182. The van der Waals surface area contributed by atoms with Crippen molar-refractivity contribution in [2.45, 2.75) is 52.0 Å². The molecule has 1 fully saturated rings. The van der Waals surface area contributed by atoms with Crippen molar-refractivity contribution in [1.29, 1.82) is 0 Å². The fourth-order valence-corrected chi connectivity index (χ4v) is 2.98. The summed E-state index contributed by atoms with van der Waals surface area (Å²) in [5.41, 5.74) is 0. The number of hydrogen-bond acceptors (Lipinski definition) is 2. The Kier molecular flexibility index (Phi) is 6.26.